The highest BCUT2D eigenvalue weighted by atomic mass is 32.1. The second kappa shape index (κ2) is 6.54. The molecule has 1 amide bonds. The molecule has 0 saturated heterocycles. The van der Waals surface area contributed by atoms with Crippen molar-refractivity contribution >= 4 is 29.0 Å². The van der Waals surface area contributed by atoms with Crippen molar-refractivity contribution in [2.75, 3.05) is 0 Å². The number of nitriles is 1. The quantitative estimate of drug-likeness (QED) is 0.845. The molecule has 7 heteroatoms. The highest BCUT2D eigenvalue weighted by molar-refractivity contribution is 7.71. The van der Waals surface area contributed by atoms with Crippen molar-refractivity contribution in [2.45, 2.75) is 32.9 Å². The van der Waals surface area contributed by atoms with Crippen LogP contribution in [0.3, 0.4) is 0 Å². The predicted octanol–water partition coefficient (Wildman–Crippen LogP) is 2.11. The van der Waals surface area contributed by atoms with Crippen LogP contribution in [0, 0.1) is 16.1 Å². The normalized spacial score (nSPS) is 11.9. The Bertz CT molecular complexity index is 876. The smallest absolute Gasteiger partial charge is 0.262 e. The number of nitrogens with one attached hydrogen (secondary N) is 2. The van der Waals surface area contributed by atoms with Gasteiger partial charge >= 0.3 is 0 Å². The van der Waals surface area contributed by atoms with Crippen molar-refractivity contribution in [1.82, 2.24) is 14.9 Å². The van der Waals surface area contributed by atoms with E-state index in [9.17, 15) is 9.59 Å². The average molecular weight is 316 g/mol. The highest BCUT2D eigenvalue weighted by Gasteiger charge is 2.12. The van der Waals surface area contributed by atoms with Gasteiger partial charge in [0.2, 0.25) is 0 Å². The molecular weight excluding hydrogens is 300 g/mol. The minimum Gasteiger partial charge on any atom is -0.349 e. The number of hydrogen-bond acceptors (Lipinski definition) is 4. The van der Waals surface area contributed by atoms with Crippen molar-refractivity contribution in [3.8, 4) is 6.07 Å². The van der Waals surface area contributed by atoms with Gasteiger partial charge in [-0.15, -0.1) is 0 Å². The van der Waals surface area contributed by atoms with Crippen LogP contribution in [0.1, 0.15) is 30.6 Å². The molecule has 2 N–H and O–H groups in total. The van der Waals surface area contributed by atoms with E-state index in [4.69, 9.17) is 17.5 Å². The lowest BCUT2D eigenvalue weighted by Crippen LogP contribution is -2.32. The third-order valence-electron chi connectivity index (χ3n) is 3.34. The first-order valence-electron chi connectivity index (χ1n) is 6.92. The minimum atomic E-state index is -0.288. The maximum Gasteiger partial charge on any atom is 0.262 e. The predicted molar refractivity (Wildman–Crippen MR) is 86.2 cm³/mol. The molecule has 2 aromatic rings. The van der Waals surface area contributed by atoms with Gasteiger partial charge in [0.1, 0.15) is 0 Å². The van der Waals surface area contributed by atoms with E-state index in [1.165, 1.54) is 4.57 Å². The SMILES string of the molecule is CCn1c(=S)[nH]c2cc(C(=O)NC(C)CC#N)ccc2c1=O. The summed E-state index contributed by atoms with van der Waals surface area (Å²) >= 11 is 5.15. The summed E-state index contributed by atoms with van der Waals surface area (Å²) in [5, 5.41) is 11.8. The van der Waals surface area contributed by atoms with Gasteiger partial charge in [-0.2, -0.15) is 5.26 Å². The van der Waals surface area contributed by atoms with Gasteiger partial charge in [0, 0.05) is 18.2 Å². The van der Waals surface area contributed by atoms with E-state index in [1.807, 2.05) is 13.0 Å². The number of benzene rings is 1. The molecular formula is C15H16N4O2S. The Morgan fingerprint density at radius 3 is 2.91 bits per heavy atom. The number of amides is 1. The Morgan fingerprint density at radius 2 is 2.27 bits per heavy atom. The molecule has 0 saturated carbocycles. The van der Waals surface area contributed by atoms with E-state index in [2.05, 4.69) is 10.3 Å². The summed E-state index contributed by atoms with van der Waals surface area (Å²) in [6.07, 6.45) is 0.239. The lowest BCUT2D eigenvalue weighted by molar-refractivity contribution is 0.0941. The number of carbonyl (C=O) groups excluding carboxylic acids is 1. The molecule has 2 rings (SSSR count). The van der Waals surface area contributed by atoms with Crippen molar-refractivity contribution in [1.29, 1.82) is 5.26 Å². The number of aromatic nitrogens is 2. The molecule has 6 nitrogen and oxygen atoms in total. The molecule has 1 atom stereocenters. The Hall–Kier alpha value is -2.46. The molecule has 0 radical (unpaired) electrons. The third-order valence-corrected chi connectivity index (χ3v) is 3.66. The van der Waals surface area contributed by atoms with Crippen LogP contribution < -0.4 is 10.9 Å². The third kappa shape index (κ3) is 3.07. The molecule has 1 aromatic heterocycles. The van der Waals surface area contributed by atoms with Gasteiger partial charge in [0.15, 0.2) is 4.77 Å². The largest absolute Gasteiger partial charge is 0.349 e. The van der Waals surface area contributed by atoms with E-state index in [1.54, 1.807) is 25.1 Å². The number of carbonyl (C=O) groups is 1. The van der Waals surface area contributed by atoms with E-state index in [0.717, 1.165) is 0 Å². The molecule has 1 unspecified atom stereocenters. The van der Waals surface area contributed by atoms with Gasteiger partial charge in [0.05, 0.1) is 23.4 Å². The molecule has 22 heavy (non-hydrogen) atoms. The second-order valence-electron chi connectivity index (χ2n) is 4.98. The first-order chi connectivity index (χ1) is 10.5. The fourth-order valence-corrected chi connectivity index (χ4v) is 2.50. The summed E-state index contributed by atoms with van der Waals surface area (Å²) in [5.41, 5.74) is 0.767. The Kier molecular flexibility index (Phi) is 4.73. The Morgan fingerprint density at radius 1 is 1.55 bits per heavy atom. The number of nitrogens with zero attached hydrogens (tertiary/aromatic N) is 2. The fraction of sp³-hybridized carbons (Fsp3) is 0.333. The van der Waals surface area contributed by atoms with Gasteiger partial charge in [0.25, 0.3) is 11.5 Å². The van der Waals surface area contributed by atoms with Gasteiger partial charge < -0.3 is 10.3 Å². The van der Waals surface area contributed by atoms with E-state index in [0.29, 0.717) is 27.8 Å². The van der Waals surface area contributed by atoms with Crippen LogP contribution in [0.25, 0.3) is 10.9 Å². The maximum atomic E-state index is 12.3. The van der Waals surface area contributed by atoms with Gasteiger partial charge in [-0.3, -0.25) is 14.2 Å². The summed E-state index contributed by atoms with van der Waals surface area (Å²) in [4.78, 5) is 27.4. The maximum absolute atomic E-state index is 12.3. The van der Waals surface area contributed by atoms with E-state index >= 15 is 0 Å². The number of aromatic amines is 1. The highest BCUT2D eigenvalue weighted by Crippen LogP contribution is 2.11. The lowest BCUT2D eigenvalue weighted by Gasteiger charge is -2.11. The summed E-state index contributed by atoms with van der Waals surface area (Å²) < 4.78 is 1.79. The standard InChI is InChI=1S/C15H16N4O2S/c1-3-19-14(21)11-5-4-10(8-12(11)18-15(19)22)13(20)17-9(2)6-7-16/h4-5,8-9H,3,6H2,1-2H3,(H,17,20)(H,18,22). The molecule has 0 aliphatic heterocycles. The molecule has 1 aromatic carbocycles. The van der Waals surface area contributed by atoms with Crippen molar-refractivity contribution in [3.63, 3.8) is 0 Å². The van der Waals surface area contributed by atoms with Crippen molar-refractivity contribution < 1.29 is 4.79 Å². The monoisotopic (exact) mass is 316 g/mol. The van der Waals surface area contributed by atoms with Crippen molar-refractivity contribution in [3.05, 3.63) is 38.9 Å². The van der Waals surface area contributed by atoms with Gasteiger partial charge in [-0.25, -0.2) is 0 Å². The van der Waals surface area contributed by atoms with Crippen LogP contribution >= 0.6 is 12.2 Å². The summed E-state index contributed by atoms with van der Waals surface area (Å²) in [6.45, 7) is 4.09. The zero-order valence-corrected chi connectivity index (χ0v) is 13.2. The fourth-order valence-electron chi connectivity index (χ4n) is 2.18. The van der Waals surface area contributed by atoms with Crippen LogP contribution in [0.2, 0.25) is 0 Å². The molecule has 0 spiro atoms. The molecule has 0 fully saturated rings. The summed E-state index contributed by atoms with van der Waals surface area (Å²) in [7, 11) is 0. The van der Waals surface area contributed by atoms with Crippen molar-refractivity contribution in [2.24, 2.45) is 0 Å². The van der Waals surface area contributed by atoms with Gasteiger partial charge in [-0.1, -0.05) is 0 Å². The Labute approximate surface area is 132 Å². The van der Waals surface area contributed by atoms with E-state index in [-0.39, 0.29) is 23.9 Å². The molecule has 0 aliphatic rings. The first-order valence-corrected chi connectivity index (χ1v) is 7.33. The van der Waals surface area contributed by atoms with Crippen LogP contribution in [0.15, 0.2) is 23.0 Å². The second-order valence-corrected chi connectivity index (χ2v) is 5.36. The first kappa shape index (κ1) is 15.9. The average Bonchev–Trinajstić information content (AvgIpc) is 2.47. The number of hydrogen-bond donors (Lipinski definition) is 2. The summed E-state index contributed by atoms with van der Waals surface area (Å²) in [5.74, 6) is -0.288. The number of rotatable bonds is 4. The Balaban J connectivity index is 2.44. The topological polar surface area (TPSA) is 90.7 Å². The van der Waals surface area contributed by atoms with Crippen LogP contribution in [-0.2, 0) is 6.54 Å². The minimum absolute atomic E-state index is 0.175. The zero-order chi connectivity index (χ0) is 16.3. The van der Waals surface area contributed by atoms with Crippen LogP contribution in [0.5, 0.6) is 0 Å². The van der Waals surface area contributed by atoms with E-state index < -0.39 is 0 Å². The van der Waals surface area contributed by atoms with Gasteiger partial charge in [-0.05, 0) is 44.3 Å². The number of fused-ring (bicyclic) bond motifs is 1. The lowest BCUT2D eigenvalue weighted by atomic mass is 10.1. The van der Waals surface area contributed by atoms with Crippen LogP contribution in [-0.4, -0.2) is 21.5 Å². The number of H-pyrrole nitrogens is 1. The molecule has 114 valence electrons. The molecule has 0 bridgehead atoms. The molecule has 1 heterocycles. The summed E-state index contributed by atoms with van der Waals surface area (Å²) in [6, 6.07) is 6.57. The molecule has 0 aliphatic carbocycles. The van der Waals surface area contributed by atoms with Crippen LogP contribution in [0.4, 0.5) is 0 Å². The zero-order valence-electron chi connectivity index (χ0n) is 12.3.